The standard InChI is InChI=1S/C28H37BN2O5/c1-26(2,3)34-25(32)31(8)17-16-24(20-12-10-9-11-13-20)33-23-15-14-22(18-21(23)19-30)29-35-27(4,5)28(6,7)36-29/h9-15,18,24H,16-17H2,1-8H3. The van der Waals surface area contributed by atoms with Gasteiger partial charge in [0.15, 0.2) is 0 Å². The first-order valence-electron chi connectivity index (χ1n) is 12.3. The van der Waals surface area contributed by atoms with Crippen LogP contribution in [-0.2, 0) is 14.0 Å². The molecule has 2 aromatic carbocycles. The number of amides is 1. The Morgan fingerprint density at radius 3 is 2.25 bits per heavy atom. The van der Waals surface area contributed by atoms with E-state index in [1.807, 2.05) is 84.9 Å². The van der Waals surface area contributed by atoms with Gasteiger partial charge in [-0.3, -0.25) is 0 Å². The minimum absolute atomic E-state index is 0.370. The first kappa shape index (κ1) is 27.6. The number of rotatable bonds is 7. The van der Waals surface area contributed by atoms with E-state index in [-0.39, 0.29) is 6.10 Å². The van der Waals surface area contributed by atoms with Crippen LogP contribution in [0.1, 0.15) is 72.1 Å². The minimum atomic E-state index is -0.568. The third-order valence-corrected chi connectivity index (χ3v) is 6.52. The molecule has 36 heavy (non-hydrogen) atoms. The molecule has 0 saturated carbocycles. The molecular formula is C28H37BN2O5. The van der Waals surface area contributed by atoms with E-state index in [0.717, 1.165) is 11.0 Å². The zero-order valence-electron chi connectivity index (χ0n) is 22.6. The van der Waals surface area contributed by atoms with Crippen LogP contribution >= 0.6 is 0 Å². The molecule has 8 heteroatoms. The van der Waals surface area contributed by atoms with Gasteiger partial charge in [-0.1, -0.05) is 36.4 Å². The van der Waals surface area contributed by atoms with Crippen LogP contribution in [0.25, 0.3) is 0 Å². The van der Waals surface area contributed by atoms with Crippen LogP contribution < -0.4 is 10.2 Å². The van der Waals surface area contributed by atoms with Crippen LogP contribution in [0.4, 0.5) is 4.79 Å². The Balaban J connectivity index is 1.79. The summed E-state index contributed by atoms with van der Waals surface area (Å²) in [5, 5.41) is 9.89. The second kappa shape index (κ2) is 10.5. The topological polar surface area (TPSA) is 81.0 Å². The first-order valence-corrected chi connectivity index (χ1v) is 12.3. The van der Waals surface area contributed by atoms with Crippen molar-refractivity contribution in [2.45, 2.75) is 77.8 Å². The van der Waals surface area contributed by atoms with Gasteiger partial charge in [-0.2, -0.15) is 5.26 Å². The van der Waals surface area contributed by atoms with Gasteiger partial charge in [-0.05, 0) is 71.6 Å². The van der Waals surface area contributed by atoms with E-state index < -0.39 is 30.0 Å². The largest absolute Gasteiger partial charge is 0.494 e. The average molecular weight is 492 g/mol. The third-order valence-electron chi connectivity index (χ3n) is 6.52. The maximum absolute atomic E-state index is 12.4. The minimum Gasteiger partial charge on any atom is -0.484 e. The molecule has 0 N–H and O–H groups in total. The van der Waals surface area contributed by atoms with Gasteiger partial charge in [0.2, 0.25) is 0 Å². The SMILES string of the molecule is CN(CCC(Oc1ccc(B2OC(C)(C)C(C)(C)O2)cc1C#N)c1ccccc1)C(=O)OC(C)(C)C. The van der Waals surface area contributed by atoms with Crippen molar-refractivity contribution in [3.05, 3.63) is 59.7 Å². The van der Waals surface area contributed by atoms with E-state index in [2.05, 4.69) is 6.07 Å². The molecule has 1 amide bonds. The van der Waals surface area contributed by atoms with E-state index in [4.69, 9.17) is 18.8 Å². The molecular weight excluding hydrogens is 455 g/mol. The molecule has 0 spiro atoms. The maximum Gasteiger partial charge on any atom is 0.494 e. The number of benzene rings is 2. The van der Waals surface area contributed by atoms with Crippen molar-refractivity contribution < 1.29 is 23.6 Å². The number of ether oxygens (including phenoxy) is 2. The van der Waals surface area contributed by atoms with Crippen LogP contribution in [0, 0.1) is 11.3 Å². The van der Waals surface area contributed by atoms with Crippen molar-refractivity contribution >= 4 is 18.7 Å². The van der Waals surface area contributed by atoms with E-state index in [1.165, 1.54) is 4.90 Å². The summed E-state index contributed by atoms with van der Waals surface area (Å²) in [6.07, 6.45) is -0.242. The van der Waals surface area contributed by atoms with Gasteiger partial charge in [0.05, 0.1) is 16.8 Å². The monoisotopic (exact) mass is 492 g/mol. The molecule has 1 heterocycles. The number of nitriles is 1. The summed E-state index contributed by atoms with van der Waals surface area (Å²) in [5.41, 5.74) is 0.591. The Labute approximate surface area is 215 Å². The molecule has 0 aromatic heterocycles. The summed E-state index contributed by atoms with van der Waals surface area (Å²) in [6, 6.07) is 17.4. The molecule has 192 valence electrons. The summed E-state index contributed by atoms with van der Waals surface area (Å²) in [4.78, 5) is 14.0. The summed E-state index contributed by atoms with van der Waals surface area (Å²) < 4.78 is 24.1. The molecule has 1 unspecified atom stereocenters. The molecule has 0 aliphatic carbocycles. The summed E-state index contributed by atoms with van der Waals surface area (Å²) >= 11 is 0. The Hall–Kier alpha value is -3.02. The fourth-order valence-electron chi connectivity index (χ4n) is 3.72. The van der Waals surface area contributed by atoms with Crippen molar-refractivity contribution in [1.29, 1.82) is 5.26 Å². The summed E-state index contributed by atoms with van der Waals surface area (Å²) in [6.45, 7) is 13.9. The lowest BCUT2D eigenvalue weighted by Gasteiger charge is -2.32. The number of nitrogens with zero attached hydrogens (tertiary/aromatic N) is 2. The highest BCUT2D eigenvalue weighted by Crippen LogP contribution is 2.37. The van der Waals surface area contributed by atoms with Crippen LogP contribution in [0.15, 0.2) is 48.5 Å². The average Bonchev–Trinajstić information content (AvgIpc) is 3.02. The normalized spacial score (nSPS) is 17.2. The molecule has 3 rings (SSSR count). The molecule has 1 atom stereocenters. The second-order valence-corrected chi connectivity index (χ2v) is 11.2. The van der Waals surface area contributed by atoms with Crippen molar-refractivity contribution in [3.63, 3.8) is 0 Å². The molecule has 2 aromatic rings. The predicted octanol–water partition coefficient (Wildman–Crippen LogP) is 5.23. The Morgan fingerprint density at radius 2 is 1.69 bits per heavy atom. The van der Waals surface area contributed by atoms with Gasteiger partial charge >= 0.3 is 13.2 Å². The highest BCUT2D eigenvalue weighted by atomic mass is 16.7. The predicted molar refractivity (Wildman–Crippen MR) is 140 cm³/mol. The van der Waals surface area contributed by atoms with Crippen molar-refractivity contribution in [3.8, 4) is 11.8 Å². The van der Waals surface area contributed by atoms with Crippen LogP contribution in [0.3, 0.4) is 0 Å². The van der Waals surface area contributed by atoms with Gasteiger partial charge in [-0.15, -0.1) is 0 Å². The summed E-state index contributed by atoms with van der Waals surface area (Å²) in [5.74, 6) is 0.464. The van der Waals surface area contributed by atoms with Gasteiger partial charge in [0.25, 0.3) is 0 Å². The van der Waals surface area contributed by atoms with Crippen molar-refractivity contribution in [1.82, 2.24) is 4.90 Å². The fourth-order valence-corrected chi connectivity index (χ4v) is 3.72. The number of carbonyl (C=O) groups excluding carboxylic acids is 1. The van der Waals surface area contributed by atoms with Crippen molar-refractivity contribution in [2.75, 3.05) is 13.6 Å². The van der Waals surface area contributed by atoms with E-state index in [1.54, 1.807) is 19.2 Å². The number of hydrogen-bond donors (Lipinski definition) is 0. The smallest absolute Gasteiger partial charge is 0.484 e. The quantitative estimate of drug-likeness (QED) is 0.492. The zero-order chi connectivity index (χ0) is 26.7. The lowest BCUT2D eigenvalue weighted by molar-refractivity contribution is 0.00578. The second-order valence-electron chi connectivity index (χ2n) is 11.2. The number of carbonyl (C=O) groups is 1. The summed E-state index contributed by atoms with van der Waals surface area (Å²) in [7, 11) is 1.14. The Morgan fingerprint density at radius 1 is 1.08 bits per heavy atom. The van der Waals surface area contributed by atoms with Gasteiger partial charge in [-0.25, -0.2) is 4.79 Å². The highest BCUT2D eigenvalue weighted by molar-refractivity contribution is 6.62. The van der Waals surface area contributed by atoms with Gasteiger partial charge < -0.3 is 23.7 Å². The lowest BCUT2D eigenvalue weighted by Crippen LogP contribution is -2.41. The molecule has 1 aliphatic rings. The maximum atomic E-state index is 12.4. The molecule has 7 nitrogen and oxygen atoms in total. The molecule has 1 saturated heterocycles. The first-order chi connectivity index (χ1) is 16.7. The molecule has 0 radical (unpaired) electrons. The van der Waals surface area contributed by atoms with Gasteiger partial charge in [0.1, 0.15) is 23.5 Å². The van der Waals surface area contributed by atoms with Crippen LogP contribution in [-0.4, -0.2) is 48.5 Å². The van der Waals surface area contributed by atoms with Gasteiger partial charge in [0, 0.05) is 20.0 Å². The van der Waals surface area contributed by atoms with Crippen LogP contribution in [0.2, 0.25) is 0 Å². The Kier molecular flexibility index (Phi) is 8.07. The van der Waals surface area contributed by atoms with E-state index >= 15 is 0 Å². The van der Waals surface area contributed by atoms with Crippen LogP contribution in [0.5, 0.6) is 5.75 Å². The fraction of sp³-hybridized carbons (Fsp3) is 0.500. The zero-order valence-corrected chi connectivity index (χ0v) is 22.6. The van der Waals surface area contributed by atoms with E-state index in [9.17, 15) is 10.1 Å². The number of hydrogen-bond acceptors (Lipinski definition) is 6. The lowest BCUT2D eigenvalue weighted by atomic mass is 9.78. The molecule has 0 bridgehead atoms. The highest BCUT2D eigenvalue weighted by Gasteiger charge is 2.51. The van der Waals surface area contributed by atoms with Crippen molar-refractivity contribution in [2.24, 2.45) is 0 Å². The van der Waals surface area contributed by atoms with E-state index in [0.29, 0.717) is 24.3 Å². The third kappa shape index (κ3) is 6.60. The molecule has 1 aliphatic heterocycles. The Bertz CT molecular complexity index is 1090. The molecule has 1 fully saturated rings.